The summed E-state index contributed by atoms with van der Waals surface area (Å²) in [5, 5.41) is 21.3. The fraction of sp³-hybridized carbons (Fsp3) is 0.303. The number of nitrogens with one attached hydrogen (secondary N) is 3. The van der Waals surface area contributed by atoms with Gasteiger partial charge >= 0.3 is 6.09 Å². The first kappa shape index (κ1) is 33.1. The quantitative estimate of drug-likeness (QED) is 0.167. The molecule has 0 fully saturated rings. The van der Waals surface area contributed by atoms with Crippen LogP contribution < -0.4 is 16.0 Å². The Morgan fingerprint density at radius 3 is 2.83 bits per heavy atom. The van der Waals surface area contributed by atoms with Gasteiger partial charge in [0.05, 0.1) is 24.5 Å². The molecule has 47 heavy (non-hydrogen) atoms. The summed E-state index contributed by atoms with van der Waals surface area (Å²) in [6.07, 6.45) is 8.85. The van der Waals surface area contributed by atoms with Gasteiger partial charge in [0.15, 0.2) is 6.04 Å². The molecule has 0 aliphatic carbocycles. The molecule has 2 unspecified atom stereocenters. The molecule has 5 rings (SSSR count). The van der Waals surface area contributed by atoms with Crippen LogP contribution >= 0.6 is 11.6 Å². The monoisotopic (exact) mass is 656 g/mol. The van der Waals surface area contributed by atoms with Crippen molar-refractivity contribution >= 4 is 41.1 Å². The number of amides is 2. The first-order chi connectivity index (χ1) is 22.9. The van der Waals surface area contributed by atoms with Gasteiger partial charge in [-0.15, -0.1) is 5.10 Å². The Hall–Kier alpha value is -5.32. The number of nitrogens with zero attached hydrogens (tertiary/aromatic N) is 6. The van der Waals surface area contributed by atoms with E-state index in [0.29, 0.717) is 41.5 Å². The van der Waals surface area contributed by atoms with Gasteiger partial charge in [-0.2, -0.15) is 4.68 Å². The normalized spacial score (nSPS) is 16.0. The molecule has 14 heteroatoms. The highest BCUT2D eigenvalue weighted by atomic mass is 35.5. The Labute approximate surface area is 277 Å². The Morgan fingerprint density at radius 2 is 2.02 bits per heavy atom. The number of benzene rings is 2. The average Bonchev–Trinajstić information content (AvgIpc) is 3.61. The zero-order chi connectivity index (χ0) is 33.0. The van der Waals surface area contributed by atoms with Gasteiger partial charge in [-0.1, -0.05) is 35.4 Å². The molecule has 242 valence electrons. The van der Waals surface area contributed by atoms with Crippen molar-refractivity contribution in [2.45, 2.75) is 37.8 Å². The number of aromatic nitrogens is 5. The number of carbonyl (C=O) groups is 2. The highest BCUT2D eigenvalue weighted by Crippen LogP contribution is 2.34. The summed E-state index contributed by atoms with van der Waals surface area (Å²) in [5.74, 6) is -0.283. The minimum atomic E-state index is -0.567. The molecule has 1 aliphatic heterocycles. The molecular formula is C33H35ClN9O4+. The molecule has 1 aliphatic rings. The highest BCUT2D eigenvalue weighted by molar-refractivity contribution is 6.30. The van der Waals surface area contributed by atoms with Crippen molar-refractivity contribution in [2.24, 2.45) is 0 Å². The second kappa shape index (κ2) is 16.3. The molecule has 0 saturated heterocycles. The topological polar surface area (TPSA) is 150 Å². The second-order valence-corrected chi connectivity index (χ2v) is 11.1. The number of methoxy groups -OCH3 is 2. The van der Waals surface area contributed by atoms with E-state index in [2.05, 4.69) is 47.4 Å². The number of hydrogen-bond acceptors (Lipinski definition) is 9. The summed E-state index contributed by atoms with van der Waals surface area (Å²) in [6.45, 7) is 0.989. The van der Waals surface area contributed by atoms with E-state index >= 15 is 0 Å². The van der Waals surface area contributed by atoms with Crippen molar-refractivity contribution in [1.82, 2.24) is 30.5 Å². The van der Waals surface area contributed by atoms with Crippen LogP contribution in [-0.4, -0.2) is 70.6 Å². The maximum atomic E-state index is 13.3. The molecule has 2 atom stereocenters. The van der Waals surface area contributed by atoms with Crippen LogP contribution in [0.4, 0.5) is 16.2 Å². The van der Waals surface area contributed by atoms with Crippen molar-refractivity contribution in [3.8, 4) is 22.9 Å². The molecule has 0 saturated carbocycles. The number of anilines is 2. The van der Waals surface area contributed by atoms with Crippen LogP contribution in [0.15, 0.2) is 67.1 Å². The van der Waals surface area contributed by atoms with Gasteiger partial charge in [-0.25, -0.2) is 4.79 Å². The van der Waals surface area contributed by atoms with E-state index < -0.39 is 6.09 Å². The van der Waals surface area contributed by atoms with E-state index in [0.717, 1.165) is 41.8 Å². The van der Waals surface area contributed by atoms with E-state index in [9.17, 15) is 9.59 Å². The summed E-state index contributed by atoms with van der Waals surface area (Å²) in [7, 11) is 2.95. The number of carbonyl (C=O) groups excluding carboxylic acids is 2. The van der Waals surface area contributed by atoms with Gasteiger partial charge in [0, 0.05) is 46.9 Å². The standard InChI is InChI=1S/C33H34ClN9O4/c1-46-16-15-35-20-26-5-3-4-6-28(40-32(44)12-7-23-17-24(34)8-11-31(23)43-21-37-41-42-43)30-18-22(13-14-36-30)27-10-9-25(19-29(27)38-26)39-33(45)47-2/h7-14,17-19,21,26,28H,3-6,15-16H2,1-2H3,(H2-,36,38,39,40,44,45)/p+1. The lowest BCUT2D eigenvalue weighted by molar-refractivity contribution is -0.117. The lowest BCUT2D eigenvalue weighted by atomic mass is 9.97. The minimum absolute atomic E-state index is 0.206. The molecule has 0 radical (unpaired) electrons. The fourth-order valence-electron chi connectivity index (χ4n) is 5.15. The average molecular weight is 657 g/mol. The van der Waals surface area contributed by atoms with Crippen LogP contribution in [0.3, 0.4) is 0 Å². The third-order valence-electron chi connectivity index (χ3n) is 7.44. The van der Waals surface area contributed by atoms with Crippen LogP contribution in [0.5, 0.6) is 0 Å². The van der Waals surface area contributed by atoms with Gasteiger partial charge < -0.3 is 20.1 Å². The lowest BCUT2D eigenvalue weighted by Crippen LogP contribution is -2.28. The van der Waals surface area contributed by atoms with Gasteiger partial charge in [0.1, 0.15) is 12.9 Å². The summed E-state index contributed by atoms with van der Waals surface area (Å²) >= 11 is 6.25. The van der Waals surface area contributed by atoms with Gasteiger partial charge in [-0.05, 0) is 77.4 Å². The predicted octanol–water partition coefficient (Wildman–Crippen LogP) is 5.76. The first-order valence-corrected chi connectivity index (χ1v) is 15.5. The summed E-state index contributed by atoms with van der Waals surface area (Å²) < 4.78 is 11.4. The SMILES string of the molecule is COCC[N+]#CC1CCCCC(NC(=O)C=Cc2cc(Cl)ccc2-n2cnnn2)c2cc(ccn2)-c2ccc(NC(=O)OC)cc2N1. The van der Waals surface area contributed by atoms with E-state index in [-0.39, 0.29) is 18.0 Å². The number of pyridine rings is 1. The Balaban J connectivity index is 1.43. The number of fused-ring (bicyclic) bond motifs is 4. The largest absolute Gasteiger partial charge is 0.453 e. The maximum Gasteiger partial charge on any atom is 0.411 e. The fourth-order valence-corrected chi connectivity index (χ4v) is 5.33. The molecule has 3 heterocycles. The molecule has 2 aromatic carbocycles. The second-order valence-electron chi connectivity index (χ2n) is 10.7. The van der Waals surface area contributed by atoms with E-state index in [1.165, 1.54) is 24.2 Å². The van der Waals surface area contributed by atoms with Crippen molar-refractivity contribution in [3.63, 3.8) is 0 Å². The zero-order valence-electron chi connectivity index (χ0n) is 26.0. The van der Waals surface area contributed by atoms with Crippen molar-refractivity contribution in [1.29, 1.82) is 0 Å². The van der Waals surface area contributed by atoms with Crippen molar-refractivity contribution in [3.05, 3.63) is 88.3 Å². The third kappa shape index (κ3) is 9.12. The minimum Gasteiger partial charge on any atom is -0.453 e. The summed E-state index contributed by atoms with van der Waals surface area (Å²) in [5.41, 5.74) is 5.20. The Morgan fingerprint density at radius 1 is 1.15 bits per heavy atom. The van der Waals surface area contributed by atoms with Gasteiger partial charge in [0.25, 0.3) is 12.6 Å². The Bertz CT molecular complexity index is 1790. The van der Waals surface area contributed by atoms with Crippen LogP contribution in [0.25, 0.3) is 27.7 Å². The third-order valence-corrected chi connectivity index (χ3v) is 7.67. The van der Waals surface area contributed by atoms with Crippen LogP contribution in [0.1, 0.15) is 43.0 Å². The molecule has 0 spiro atoms. The molecule has 2 bridgehead atoms. The molecular weight excluding hydrogens is 622 g/mol. The van der Waals surface area contributed by atoms with E-state index in [1.54, 1.807) is 43.6 Å². The number of rotatable bonds is 7. The van der Waals surface area contributed by atoms with Crippen molar-refractivity contribution < 1.29 is 19.1 Å². The summed E-state index contributed by atoms with van der Waals surface area (Å²) in [6, 6.07) is 17.4. The van der Waals surface area contributed by atoms with Gasteiger partial charge in [0.2, 0.25) is 5.91 Å². The summed E-state index contributed by atoms with van der Waals surface area (Å²) in [4.78, 5) is 34.4. The maximum absolute atomic E-state index is 13.3. The smallest absolute Gasteiger partial charge is 0.411 e. The molecule has 2 aromatic heterocycles. The number of halogens is 1. The van der Waals surface area contributed by atoms with Crippen molar-refractivity contribution in [2.75, 3.05) is 38.0 Å². The van der Waals surface area contributed by atoms with Crippen LogP contribution in [-0.2, 0) is 14.3 Å². The molecule has 4 aromatic rings. The molecule has 3 N–H and O–H groups in total. The predicted molar refractivity (Wildman–Crippen MR) is 180 cm³/mol. The lowest BCUT2D eigenvalue weighted by Gasteiger charge is -2.22. The number of tetrazole rings is 1. The number of ether oxygens (including phenoxy) is 2. The first-order valence-electron chi connectivity index (χ1n) is 15.1. The van der Waals surface area contributed by atoms with Crippen LogP contribution in [0.2, 0.25) is 5.02 Å². The van der Waals surface area contributed by atoms with E-state index in [4.69, 9.17) is 21.1 Å². The molecule has 13 nitrogen and oxygen atoms in total. The van der Waals surface area contributed by atoms with Crippen LogP contribution in [0, 0.1) is 6.07 Å². The Kier molecular flexibility index (Phi) is 11.5. The van der Waals surface area contributed by atoms with Gasteiger partial charge in [-0.3, -0.25) is 15.1 Å². The van der Waals surface area contributed by atoms with E-state index in [1.807, 2.05) is 24.3 Å². The zero-order valence-corrected chi connectivity index (χ0v) is 26.8. The molecule has 2 amide bonds. The highest BCUT2D eigenvalue weighted by Gasteiger charge is 2.21. The number of hydrogen-bond donors (Lipinski definition) is 3.